The molecule has 1 aromatic carbocycles. The molecule has 0 saturated heterocycles. The molecule has 1 N–H and O–H groups in total. The smallest absolute Gasteiger partial charge is 0.336 e. The van der Waals surface area contributed by atoms with Crippen molar-refractivity contribution in [1.29, 1.82) is 0 Å². The van der Waals surface area contributed by atoms with Gasteiger partial charge in [0.25, 0.3) is 0 Å². The molecule has 5 nitrogen and oxygen atoms in total. The lowest BCUT2D eigenvalue weighted by Gasteiger charge is -2.08. The van der Waals surface area contributed by atoms with E-state index >= 15 is 0 Å². The van der Waals surface area contributed by atoms with Crippen LogP contribution in [0.5, 0.6) is 0 Å². The molecular formula is C16H20N2O3. The normalized spacial score (nSPS) is 11.1. The van der Waals surface area contributed by atoms with Gasteiger partial charge in [0.15, 0.2) is 0 Å². The molecule has 0 atom stereocenters. The van der Waals surface area contributed by atoms with Gasteiger partial charge in [0.05, 0.1) is 11.1 Å². The molecule has 0 saturated carbocycles. The van der Waals surface area contributed by atoms with Crippen LogP contribution in [0.1, 0.15) is 47.6 Å². The summed E-state index contributed by atoms with van der Waals surface area (Å²) >= 11 is 0. The van der Waals surface area contributed by atoms with E-state index in [9.17, 15) is 9.90 Å². The fourth-order valence-electron chi connectivity index (χ4n) is 2.23. The van der Waals surface area contributed by atoms with Crippen LogP contribution < -0.4 is 0 Å². The first-order valence-electron chi connectivity index (χ1n) is 7.06. The zero-order valence-electron chi connectivity index (χ0n) is 12.8. The Morgan fingerprint density at radius 2 is 1.90 bits per heavy atom. The first-order valence-corrected chi connectivity index (χ1v) is 7.06. The number of carbonyl (C=O) groups is 1. The van der Waals surface area contributed by atoms with Crippen molar-refractivity contribution in [2.24, 2.45) is 5.92 Å². The summed E-state index contributed by atoms with van der Waals surface area (Å²) in [5.41, 5.74) is 2.25. The maximum Gasteiger partial charge on any atom is 0.336 e. The van der Waals surface area contributed by atoms with Gasteiger partial charge in [-0.1, -0.05) is 26.0 Å². The van der Waals surface area contributed by atoms with Crippen molar-refractivity contribution in [3.63, 3.8) is 0 Å². The predicted octanol–water partition coefficient (Wildman–Crippen LogP) is 3.64. The molecule has 1 aromatic heterocycles. The van der Waals surface area contributed by atoms with Crippen LogP contribution in [-0.2, 0) is 6.42 Å². The molecule has 2 rings (SSSR count). The lowest BCUT2D eigenvalue weighted by atomic mass is 9.97. The van der Waals surface area contributed by atoms with E-state index in [1.54, 1.807) is 13.0 Å². The minimum Gasteiger partial charge on any atom is -0.478 e. The van der Waals surface area contributed by atoms with Gasteiger partial charge < -0.3 is 9.52 Å². The minimum absolute atomic E-state index is 0.231. The average molecular weight is 288 g/mol. The zero-order chi connectivity index (χ0) is 15.6. The van der Waals surface area contributed by atoms with Crippen molar-refractivity contribution in [3.05, 3.63) is 34.7 Å². The highest BCUT2D eigenvalue weighted by Crippen LogP contribution is 2.29. The SMILES string of the molecule is Cc1ccc(C)c(-c2nnc(CCC(C)C)o2)c1C(=O)O. The maximum absolute atomic E-state index is 11.5. The van der Waals surface area contributed by atoms with Crippen LogP contribution in [0, 0.1) is 19.8 Å². The van der Waals surface area contributed by atoms with Crippen LogP contribution in [0.2, 0.25) is 0 Å². The van der Waals surface area contributed by atoms with E-state index in [1.807, 2.05) is 13.0 Å². The van der Waals surface area contributed by atoms with E-state index in [0.717, 1.165) is 12.0 Å². The quantitative estimate of drug-likeness (QED) is 0.909. The summed E-state index contributed by atoms with van der Waals surface area (Å²) in [6, 6.07) is 3.66. The first-order chi connectivity index (χ1) is 9.90. The van der Waals surface area contributed by atoms with Gasteiger partial charge in [0, 0.05) is 6.42 Å². The molecule has 1 heterocycles. The average Bonchev–Trinajstić information content (AvgIpc) is 2.86. The number of hydrogen-bond acceptors (Lipinski definition) is 4. The predicted molar refractivity (Wildman–Crippen MR) is 79.3 cm³/mol. The number of nitrogens with zero attached hydrogens (tertiary/aromatic N) is 2. The molecule has 0 aliphatic heterocycles. The number of aromatic nitrogens is 2. The lowest BCUT2D eigenvalue weighted by molar-refractivity contribution is 0.0696. The monoisotopic (exact) mass is 288 g/mol. The van der Waals surface area contributed by atoms with Crippen LogP contribution in [0.25, 0.3) is 11.5 Å². The number of aromatic carboxylic acids is 1. The van der Waals surface area contributed by atoms with Crippen LogP contribution >= 0.6 is 0 Å². The highest BCUT2D eigenvalue weighted by Gasteiger charge is 2.21. The molecule has 0 unspecified atom stereocenters. The van der Waals surface area contributed by atoms with Crippen LogP contribution in [-0.4, -0.2) is 21.3 Å². The summed E-state index contributed by atoms with van der Waals surface area (Å²) in [7, 11) is 0. The van der Waals surface area contributed by atoms with Gasteiger partial charge in [-0.3, -0.25) is 0 Å². The number of rotatable bonds is 5. The van der Waals surface area contributed by atoms with Crippen LogP contribution in [0.15, 0.2) is 16.5 Å². The summed E-state index contributed by atoms with van der Waals surface area (Å²) < 4.78 is 5.66. The summed E-state index contributed by atoms with van der Waals surface area (Å²) in [6.07, 6.45) is 1.66. The molecule has 2 aromatic rings. The van der Waals surface area contributed by atoms with Crippen molar-refractivity contribution in [3.8, 4) is 11.5 Å². The Morgan fingerprint density at radius 3 is 2.52 bits per heavy atom. The molecule has 0 amide bonds. The van der Waals surface area contributed by atoms with E-state index in [4.69, 9.17) is 4.42 Å². The molecule has 112 valence electrons. The highest BCUT2D eigenvalue weighted by molar-refractivity contribution is 5.97. The van der Waals surface area contributed by atoms with Gasteiger partial charge in [0.1, 0.15) is 0 Å². The van der Waals surface area contributed by atoms with E-state index in [1.165, 1.54) is 0 Å². The molecule has 0 bridgehead atoms. The molecule has 0 radical (unpaired) electrons. The Morgan fingerprint density at radius 1 is 1.24 bits per heavy atom. The second-order valence-corrected chi connectivity index (χ2v) is 5.69. The maximum atomic E-state index is 11.5. The summed E-state index contributed by atoms with van der Waals surface area (Å²) in [4.78, 5) is 11.5. The second kappa shape index (κ2) is 6.08. The summed E-state index contributed by atoms with van der Waals surface area (Å²) in [6.45, 7) is 7.87. The van der Waals surface area contributed by atoms with Crippen molar-refractivity contribution in [2.45, 2.75) is 40.5 Å². The Bertz CT molecular complexity index is 660. The summed E-state index contributed by atoms with van der Waals surface area (Å²) in [5.74, 6) is 0.409. The van der Waals surface area contributed by atoms with E-state index < -0.39 is 5.97 Å². The van der Waals surface area contributed by atoms with Crippen molar-refractivity contribution in [2.75, 3.05) is 0 Å². The topological polar surface area (TPSA) is 76.2 Å². The molecule has 0 aliphatic carbocycles. The van der Waals surface area contributed by atoms with Crippen molar-refractivity contribution < 1.29 is 14.3 Å². The number of benzene rings is 1. The van der Waals surface area contributed by atoms with E-state index in [2.05, 4.69) is 24.0 Å². The van der Waals surface area contributed by atoms with Crippen molar-refractivity contribution >= 4 is 5.97 Å². The third-order valence-electron chi connectivity index (χ3n) is 3.45. The third-order valence-corrected chi connectivity index (χ3v) is 3.45. The van der Waals surface area contributed by atoms with Gasteiger partial charge in [0.2, 0.25) is 11.8 Å². The van der Waals surface area contributed by atoms with Gasteiger partial charge in [-0.25, -0.2) is 4.79 Å². The van der Waals surface area contributed by atoms with Gasteiger partial charge in [-0.2, -0.15) is 0 Å². The fourth-order valence-corrected chi connectivity index (χ4v) is 2.23. The Hall–Kier alpha value is -2.17. The van der Waals surface area contributed by atoms with Crippen LogP contribution in [0.3, 0.4) is 0 Å². The molecular weight excluding hydrogens is 268 g/mol. The minimum atomic E-state index is -0.979. The second-order valence-electron chi connectivity index (χ2n) is 5.69. The van der Waals surface area contributed by atoms with Crippen LogP contribution in [0.4, 0.5) is 0 Å². The molecule has 21 heavy (non-hydrogen) atoms. The van der Waals surface area contributed by atoms with E-state index in [-0.39, 0.29) is 11.5 Å². The molecule has 0 aliphatic rings. The standard InChI is InChI=1S/C16H20N2O3/c1-9(2)5-8-12-17-18-15(21-12)13-10(3)6-7-11(4)14(13)16(19)20/h6-7,9H,5,8H2,1-4H3,(H,19,20). The first kappa shape index (κ1) is 15.2. The largest absolute Gasteiger partial charge is 0.478 e. The van der Waals surface area contributed by atoms with Gasteiger partial charge in [-0.15, -0.1) is 10.2 Å². The number of carboxylic acid groups (broad SMARTS) is 1. The number of hydrogen-bond donors (Lipinski definition) is 1. The summed E-state index contributed by atoms with van der Waals surface area (Å²) in [5, 5.41) is 17.5. The molecule has 0 fully saturated rings. The van der Waals surface area contributed by atoms with Gasteiger partial charge >= 0.3 is 5.97 Å². The van der Waals surface area contributed by atoms with E-state index in [0.29, 0.717) is 29.4 Å². The third kappa shape index (κ3) is 3.29. The lowest BCUT2D eigenvalue weighted by Crippen LogP contribution is -2.04. The van der Waals surface area contributed by atoms with Gasteiger partial charge in [-0.05, 0) is 37.3 Å². The number of carboxylic acids is 1. The Kier molecular flexibility index (Phi) is 4.40. The zero-order valence-corrected chi connectivity index (χ0v) is 12.8. The Labute approximate surface area is 124 Å². The molecule has 5 heteroatoms. The van der Waals surface area contributed by atoms with Crippen molar-refractivity contribution in [1.82, 2.24) is 10.2 Å². The highest BCUT2D eigenvalue weighted by atomic mass is 16.4. The Balaban J connectivity index is 2.43. The number of aryl methyl sites for hydroxylation is 3. The molecule has 0 spiro atoms. The fraction of sp³-hybridized carbons (Fsp3) is 0.438.